The van der Waals surface area contributed by atoms with E-state index in [4.69, 9.17) is 16.8 Å². The molecule has 36 heavy (non-hydrogen) atoms. The van der Waals surface area contributed by atoms with Crippen LogP contribution in [0.4, 0.5) is 11.5 Å². The summed E-state index contributed by atoms with van der Waals surface area (Å²) in [4.78, 5) is 10.5. The van der Waals surface area contributed by atoms with Crippen molar-refractivity contribution in [3.05, 3.63) is 70.4 Å². The Morgan fingerprint density at radius 3 is 1.92 bits per heavy atom. The van der Waals surface area contributed by atoms with Crippen molar-refractivity contribution in [2.75, 3.05) is 11.2 Å². The normalized spacial score (nSPS) is 9.83. The smallest absolute Gasteiger partial charge is 0.149 e. The van der Waals surface area contributed by atoms with Crippen molar-refractivity contribution >= 4 is 29.7 Å². The van der Waals surface area contributed by atoms with E-state index in [1.54, 1.807) is 19.9 Å². The Morgan fingerprint density at radius 1 is 0.972 bits per heavy atom. The maximum absolute atomic E-state index is 10.5. The first-order valence-corrected chi connectivity index (χ1v) is 11.8. The van der Waals surface area contributed by atoms with Crippen LogP contribution in [0.2, 0.25) is 0 Å². The number of anilines is 2. The SMILES string of the molecule is CC(C)C(=O)CC#N.Cc1ccc(-n2nc(C(C)C)cc2N)cc1C.Cc1ccc(NN)cc1C.Cl. The number of nitrogens with two attached hydrogens (primary N) is 2. The van der Waals surface area contributed by atoms with Gasteiger partial charge in [-0.3, -0.25) is 10.6 Å². The van der Waals surface area contributed by atoms with Gasteiger partial charge in [0.1, 0.15) is 11.6 Å². The lowest BCUT2D eigenvalue weighted by molar-refractivity contribution is -0.120. The van der Waals surface area contributed by atoms with Gasteiger partial charge in [-0.25, -0.2) is 4.68 Å². The van der Waals surface area contributed by atoms with Crippen LogP contribution in [-0.2, 0) is 4.79 Å². The highest BCUT2D eigenvalue weighted by atomic mass is 35.5. The van der Waals surface area contributed by atoms with Gasteiger partial charge in [0.2, 0.25) is 0 Å². The van der Waals surface area contributed by atoms with Crippen LogP contribution in [0.3, 0.4) is 0 Å². The fraction of sp³-hybridized carbons (Fsp3) is 0.393. The van der Waals surface area contributed by atoms with E-state index < -0.39 is 0 Å². The number of nitriles is 1. The van der Waals surface area contributed by atoms with Gasteiger partial charge in [0.25, 0.3) is 0 Å². The second-order valence-electron chi connectivity index (χ2n) is 9.23. The molecule has 7 nitrogen and oxygen atoms in total. The van der Waals surface area contributed by atoms with Crippen molar-refractivity contribution in [2.45, 2.75) is 67.7 Å². The zero-order valence-corrected chi connectivity index (χ0v) is 23.5. The third-order valence-electron chi connectivity index (χ3n) is 5.65. The average molecular weight is 513 g/mol. The summed E-state index contributed by atoms with van der Waals surface area (Å²) in [6.07, 6.45) is 0.0532. The number of aromatic nitrogens is 2. The van der Waals surface area contributed by atoms with Crippen LogP contribution >= 0.6 is 12.4 Å². The number of halogens is 1. The number of hydrazine groups is 1. The molecule has 0 aliphatic carbocycles. The Bertz CT molecular complexity index is 1160. The van der Waals surface area contributed by atoms with Crippen molar-refractivity contribution in [3.63, 3.8) is 0 Å². The molecule has 1 heterocycles. The summed E-state index contributed by atoms with van der Waals surface area (Å²) in [6.45, 7) is 16.2. The fourth-order valence-corrected chi connectivity index (χ4v) is 2.87. The van der Waals surface area contributed by atoms with Gasteiger partial charge >= 0.3 is 0 Å². The fourth-order valence-electron chi connectivity index (χ4n) is 2.87. The average Bonchev–Trinajstić information content (AvgIpc) is 3.20. The number of hydrogen-bond donors (Lipinski definition) is 3. The maximum Gasteiger partial charge on any atom is 0.149 e. The van der Waals surface area contributed by atoms with E-state index in [2.05, 4.69) is 70.3 Å². The van der Waals surface area contributed by atoms with Gasteiger partial charge in [-0.1, -0.05) is 39.8 Å². The summed E-state index contributed by atoms with van der Waals surface area (Å²) < 4.78 is 1.81. The Balaban J connectivity index is 0.000000554. The Morgan fingerprint density at radius 2 is 1.53 bits per heavy atom. The highest BCUT2D eigenvalue weighted by Crippen LogP contribution is 2.21. The number of carbonyl (C=O) groups is 1. The van der Waals surface area contributed by atoms with E-state index in [0.717, 1.165) is 17.1 Å². The lowest BCUT2D eigenvalue weighted by Gasteiger charge is -2.07. The van der Waals surface area contributed by atoms with Crippen LogP contribution in [0.15, 0.2) is 42.5 Å². The number of ketones is 1. The quantitative estimate of drug-likeness (QED) is 0.271. The number of rotatable bonds is 5. The van der Waals surface area contributed by atoms with Gasteiger partial charge in [0.05, 0.1) is 23.9 Å². The van der Waals surface area contributed by atoms with Crippen molar-refractivity contribution in [3.8, 4) is 11.8 Å². The van der Waals surface area contributed by atoms with Gasteiger partial charge in [-0.05, 0) is 80.1 Å². The molecule has 196 valence electrons. The molecule has 0 bridgehead atoms. The molecule has 0 amide bonds. The lowest BCUT2D eigenvalue weighted by atomic mass is 10.1. The largest absolute Gasteiger partial charge is 0.384 e. The summed E-state index contributed by atoms with van der Waals surface area (Å²) in [5.74, 6) is 6.33. The summed E-state index contributed by atoms with van der Waals surface area (Å²) >= 11 is 0. The number of carbonyl (C=O) groups excluding carboxylic acids is 1. The van der Waals surface area contributed by atoms with Crippen LogP contribution in [0.25, 0.3) is 5.69 Å². The topological polar surface area (TPSA) is 123 Å². The summed E-state index contributed by atoms with van der Waals surface area (Å²) in [6, 6.07) is 16.0. The van der Waals surface area contributed by atoms with Gasteiger partial charge in [0, 0.05) is 17.7 Å². The van der Waals surface area contributed by atoms with E-state index in [9.17, 15) is 4.79 Å². The minimum absolute atomic E-state index is 0. The molecule has 5 N–H and O–H groups in total. The number of benzene rings is 2. The third kappa shape index (κ3) is 10.1. The van der Waals surface area contributed by atoms with Crippen LogP contribution < -0.4 is 17.0 Å². The molecule has 8 heteroatoms. The van der Waals surface area contributed by atoms with E-state index in [1.807, 2.05) is 28.9 Å². The number of aryl methyl sites for hydroxylation is 4. The van der Waals surface area contributed by atoms with Crippen LogP contribution in [0.5, 0.6) is 0 Å². The third-order valence-corrected chi connectivity index (χ3v) is 5.65. The number of nitrogen functional groups attached to an aromatic ring is 2. The van der Waals surface area contributed by atoms with Crippen LogP contribution in [-0.4, -0.2) is 15.6 Å². The van der Waals surface area contributed by atoms with E-state index in [0.29, 0.717) is 11.7 Å². The number of hydrogen-bond acceptors (Lipinski definition) is 6. The highest BCUT2D eigenvalue weighted by molar-refractivity contribution is 5.85. The summed E-state index contributed by atoms with van der Waals surface area (Å²) in [7, 11) is 0. The standard InChI is InChI=1S/C14H19N3.C8H12N2.C6H9NO.ClH/c1-9(2)13-8-14(15)17(16-13)12-6-5-10(3)11(4)7-12;1-6-3-4-8(10-9)5-7(6)2;1-5(2)6(8)3-4-7;/h5-9H,15H2,1-4H3;3-5,10H,9H2,1-2H3;5H,3H2,1-2H3;1H. The first kappa shape index (κ1) is 32.7. The predicted molar refractivity (Wildman–Crippen MR) is 153 cm³/mol. The molecule has 0 aliphatic heterocycles. The molecule has 2 aromatic carbocycles. The van der Waals surface area contributed by atoms with Gasteiger partial charge in [-0.15, -0.1) is 12.4 Å². The van der Waals surface area contributed by atoms with Crippen molar-refractivity contribution in [2.24, 2.45) is 11.8 Å². The minimum Gasteiger partial charge on any atom is -0.384 e. The molecule has 0 saturated carbocycles. The molecule has 0 radical (unpaired) electrons. The van der Waals surface area contributed by atoms with Crippen LogP contribution in [0, 0.1) is 44.9 Å². The molecular formula is C28H41ClN6O. The predicted octanol–water partition coefficient (Wildman–Crippen LogP) is 6.33. The highest BCUT2D eigenvalue weighted by Gasteiger charge is 2.10. The van der Waals surface area contributed by atoms with Crippen LogP contribution in [0.1, 0.15) is 68.0 Å². The van der Waals surface area contributed by atoms with Crippen molar-refractivity contribution < 1.29 is 4.79 Å². The molecular weight excluding hydrogens is 472 g/mol. The Hall–Kier alpha value is -3.34. The molecule has 0 saturated heterocycles. The first-order valence-electron chi connectivity index (χ1n) is 11.8. The second kappa shape index (κ2) is 15.6. The number of nitrogens with zero attached hydrogens (tertiary/aromatic N) is 3. The first-order chi connectivity index (χ1) is 16.4. The molecule has 0 atom stereocenters. The Kier molecular flexibility index (Phi) is 14.2. The van der Waals surface area contributed by atoms with E-state index >= 15 is 0 Å². The molecule has 0 fully saturated rings. The molecule has 3 rings (SSSR count). The zero-order chi connectivity index (χ0) is 26.7. The van der Waals surface area contributed by atoms with E-state index in [-0.39, 0.29) is 30.5 Å². The Labute approximate surface area is 222 Å². The molecule has 3 aromatic rings. The minimum atomic E-state index is 0. The van der Waals surface area contributed by atoms with Gasteiger partial charge < -0.3 is 11.2 Å². The summed E-state index contributed by atoms with van der Waals surface area (Å²) in [5, 5.41) is 12.6. The second-order valence-corrected chi connectivity index (χ2v) is 9.23. The molecule has 0 aliphatic rings. The molecule has 1 aromatic heterocycles. The number of nitrogens with one attached hydrogen (secondary N) is 1. The van der Waals surface area contributed by atoms with Crippen molar-refractivity contribution in [1.82, 2.24) is 9.78 Å². The van der Waals surface area contributed by atoms with E-state index in [1.165, 1.54) is 22.3 Å². The zero-order valence-electron chi connectivity index (χ0n) is 22.7. The van der Waals surface area contributed by atoms with Gasteiger partial charge in [0.15, 0.2) is 0 Å². The lowest BCUT2D eigenvalue weighted by Crippen LogP contribution is -2.06. The van der Waals surface area contributed by atoms with Gasteiger partial charge in [-0.2, -0.15) is 10.4 Å². The monoisotopic (exact) mass is 512 g/mol. The number of Topliss-reactive ketones (excluding diaryl/α,β-unsaturated/α-hetero) is 1. The molecule has 0 unspecified atom stereocenters. The maximum atomic E-state index is 10.5. The molecule has 0 spiro atoms. The summed E-state index contributed by atoms with van der Waals surface area (Å²) in [5.41, 5.74) is 16.7. The van der Waals surface area contributed by atoms with Crippen molar-refractivity contribution in [1.29, 1.82) is 5.26 Å².